The molecule has 21 heavy (non-hydrogen) atoms. The van der Waals surface area contributed by atoms with Crippen molar-refractivity contribution >= 4 is 23.3 Å². The summed E-state index contributed by atoms with van der Waals surface area (Å²) in [6.07, 6.45) is 2.76. The lowest BCUT2D eigenvalue weighted by molar-refractivity contribution is 0.112. The van der Waals surface area contributed by atoms with Crippen molar-refractivity contribution in [3.8, 4) is 0 Å². The third kappa shape index (κ3) is 3.31. The second-order valence-electron chi connectivity index (χ2n) is 5.40. The van der Waals surface area contributed by atoms with Gasteiger partial charge in [0.2, 0.25) is 0 Å². The Balaban J connectivity index is 1.63. The van der Waals surface area contributed by atoms with Crippen molar-refractivity contribution in [2.75, 3.05) is 24.5 Å². The lowest BCUT2D eigenvalue weighted by atomic mass is 10.1. The maximum absolute atomic E-state index is 10.7. The molecule has 1 aliphatic heterocycles. The van der Waals surface area contributed by atoms with Crippen molar-refractivity contribution in [3.63, 3.8) is 0 Å². The molecule has 1 aromatic heterocycles. The zero-order chi connectivity index (χ0) is 14.7. The molecule has 0 spiro atoms. The summed E-state index contributed by atoms with van der Waals surface area (Å²) in [5.74, 6) is 0. The van der Waals surface area contributed by atoms with Crippen LogP contribution in [0, 0.1) is 0 Å². The maximum Gasteiger partial charge on any atom is 0.150 e. The molecular weight excluding hydrogens is 282 g/mol. The number of rotatable bonds is 4. The highest BCUT2D eigenvalue weighted by Gasteiger charge is 2.24. The van der Waals surface area contributed by atoms with Gasteiger partial charge in [-0.15, -0.1) is 11.3 Å². The van der Waals surface area contributed by atoms with Crippen LogP contribution in [0.1, 0.15) is 22.3 Å². The third-order valence-corrected chi connectivity index (χ3v) is 4.75. The van der Waals surface area contributed by atoms with Crippen LogP contribution >= 0.6 is 11.3 Å². The molecule has 0 saturated carbocycles. The van der Waals surface area contributed by atoms with Gasteiger partial charge in [0.25, 0.3) is 0 Å². The van der Waals surface area contributed by atoms with Crippen LogP contribution in [0.15, 0.2) is 35.8 Å². The fourth-order valence-electron chi connectivity index (χ4n) is 2.73. The van der Waals surface area contributed by atoms with Crippen LogP contribution in [-0.4, -0.2) is 41.8 Å². The van der Waals surface area contributed by atoms with Crippen molar-refractivity contribution < 1.29 is 4.79 Å². The minimum atomic E-state index is 0.494. The Morgan fingerprint density at radius 3 is 2.76 bits per heavy atom. The molecule has 110 valence electrons. The molecule has 1 unspecified atom stereocenters. The van der Waals surface area contributed by atoms with Crippen molar-refractivity contribution in [2.45, 2.75) is 19.5 Å². The first kappa shape index (κ1) is 14.2. The van der Waals surface area contributed by atoms with E-state index in [1.54, 1.807) is 11.3 Å². The molecule has 1 atom stereocenters. The van der Waals surface area contributed by atoms with Gasteiger partial charge in [-0.2, -0.15) is 0 Å². The van der Waals surface area contributed by atoms with Crippen molar-refractivity contribution in [2.24, 2.45) is 0 Å². The molecule has 0 N–H and O–H groups in total. The van der Waals surface area contributed by atoms with Gasteiger partial charge in [0, 0.05) is 48.5 Å². The zero-order valence-electron chi connectivity index (χ0n) is 12.1. The zero-order valence-corrected chi connectivity index (χ0v) is 12.9. The van der Waals surface area contributed by atoms with Gasteiger partial charge in [0.1, 0.15) is 11.3 Å². The number of carbonyl (C=O) groups excluding carboxylic acids is 1. The smallest absolute Gasteiger partial charge is 0.150 e. The van der Waals surface area contributed by atoms with E-state index in [2.05, 4.69) is 21.7 Å². The maximum atomic E-state index is 10.7. The first-order valence-corrected chi connectivity index (χ1v) is 8.07. The van der Waals surface area contributed by atoms with Gasteiger partial charge in [0.15, 0.2) is 0 Å². The number of hydrogen-bond donors (Lipinski definition) is 0. The highest BCUT2D eigenvalue weighted by molar-refractivity contribution is 7.09. The van der Waals surface area contributed by atoms with Gasteiger partial charge >= 0.3 is 0 Å². The summed E-state index contributed by atoms with van der Waals surface area (Å²) in [4.78, 5) is 20.0. The normalized spacial score (nSPS) is 19.7. The van der Waals surface area contributed by atoms with E-state index in [-0.39, 0.29) is 0 Å². The average molecular weight is 301 g/mol. The monoisotopic (exact) mass is 301 g/mol. The first-order chi connectivity index (χ1) is 10.3. The minimum Gasteiger partial charge on any atom is -0.369 e. The fraction of sp³-hybridized carbons (Fsp3) is 0.375. The topological polar surface area (TPSA) is 36.4 Å². The number of benzene rings is 1. The molecule has 1 fully saturated rings. The Bertz CT molecular complexity index is 582. The Morgan fingerprint density at radius 1 is 1.33 bits per heavy atom. The van der Waals surface area contributed by atoms with Crippen LogP contribution in [0.4, 0.5) is 5.69 Å². The van der Waals surface area contributed by atoms with Gasteiger partial charge < -0.3 is 4.90 Å². The quantitative estimate of drug-likeness (QED) is 0.814. The van der Waals surface area contributed by atoms with E-state index in [1.807, 2.05) is 35.8 Å². The molecule has 1 aromatic carbocycles. The van der Waals surface area contributed by atoms with Crippen molar-refractivity contribution in [1.29, 1.82) is 0 Å². The van der Waals surface area contributed by atoms with Gasteiger partial charge in [-0.1, -0.05) is 0 Å². The van der Waals surface area contributed by atoms with Gasteiger partial charge in [-0.05, 0) is 31.2 Å². The Labute approximate surface area is 129 Å². The second kappa shape index (κ2) is 6.37. The van der Waals surface area contributed by atoms with Crippen LogP contribution in [0.3, 0.4) is 0 Å². The molecule has 0 radical (unpaired) electrons. The van der Waals surface area contributed by atoms with Gasteiger partial charge in [-0.3, -0.25) is 9.69 Å². The number of aromatic nitrogens is 1. The molecule has 2 heterocycles. The molecule has 5 heteroatoms. The summed E-state index contributed by atoms with van der Waals surface area (Å²) in [7, 11) is 0. The lowest BCUT2D eigenvalue weighted by Crippen LogP contribution is -2.51. The van der Waals surface area contributed by atoms with Crippen LogP contribution in [0.5, 0.6) is 0 Å². The first-order valence-electron chi connectivity index (χ1n) is 7.19. The Hall–Kier alpha value is -1.72. The molecule has 0 aliphatic carbocycles. The third-order valence-electron chi connectivity index (χ3n) is 3.98. The molecule has 1 aliphatic rings. The molecular formula is C16H19N3OS. The number of aldehydes is 1. The van der Waals surface area contributed by atoms with Crippen LogP contribution < -0.4 is 4.90 Å². The largest absolute Gasteiger partial charge is 0.369 e. The summed E-state index contributed by atoms with van der Waals surface area (Å²) in [5, 5.41) is 3.22. The van der Waals surface area contributed by atoms with E-state index in [4.69, 9.17) is 0 Å². The number of hydrogen-bond acceptors (Lipinski definition) is 5. The number of anilines is 1. The van der Waals surface area contributed by atoms with Crippen molar-refractivity contribution in [1.82, 2.24) is 9.88 Å². The molecule has 2 aromatic rings. The van der Waals surface area contributed by atoms with E-state index in [1.165, 1.54) is 10.7 Å². The van der Waals surface area contributed by atoms with Crippen LogP contribution in [-0.2, 0) is 6.54 Å². The fourth-order valence-corrected chi connectivity index (χ4v) is 3.37. The number of thiazole rings is 1. The summed E-state index contributed by atoms with van der Waals surface area (Å²) in [5.41, 5.74) is 1.93. The summed E-state index contributed by atoms with van der Waals surface area (Å²) >= 11 is 1.72. The Morgan fingerprint density at radius 2 is 2.14 bits per heavy atom. The average Bonchev–Trinajstić information content (AvgIpc) is 3.02. The van der Waals surface area contributed by atoms with E-state index in [9.17, 15) is 4.79 Å². The van der Waals surface area contributed by atoms with E-state index in [0.717, 1.165) is 38.0 Å². The summed E-state index contributed by atoms with van der Waals surface area (Å²) < 4.78 is 0. The van der Waals surface area contributed by atoms with Crippen LogP contribution in [0.2, 0.25) is 0 Å². The standard InChI is InChI=1S/C16H19N3OS/c1-13-10-19(15-4-2-14(12-20)3-5-15)8-7-18(13)11-16-17-6-9-21-16/h2-6,9,12-13H,7-8,10-11H2,1H3. The van der Waals surface area contributed by atoms with Gasteiger partial charge in [-0.25, -0.2) is 4.98 Å². The molecule has 0 bridgehead atoms. The van der Waals surface area contributed by atoms with Gasteiger partial charge in [0.05, 0.1) is 6.54 Å². The second-order valence-corrected chi connectivity index (χ2v) is 6.38. The number of carbonyl (C=O) groups is 1. The SMILES string of the molecule is CC1CN(c2ccc(C=O)cc2)CCN1Cc1nccs1. The molecule has 4 nitrogen and oxygen atoms in total. The highest BCUT2D eigenvalue weighted by atomic mass is 32.1. The lowest BCUT2D eigenvalue weighted by Gasteiger charge is -2.40. The molecule has 0 amide bonds. The predicted octanol–water partition coefficient (Wildman–Crippen LogP) is 2.67. The predicted molar refractivity (Wildman–Crippen MR) is 86.0 cm³/mol. The summed E-state index contributed by atoms with van der Waals surface area (Å²) in [6.45, 7) is 6.26. The number of nitrogens with zero attached hydrogens (tertiary/aromatic N) is 3. The summed E-state index contributed by atoms with van der Waals surface area (Å²) in [6, 6.07) is 8.33. The van der Waals surface area contributed by atoms with E-state index in [0.29, 0.717) is 6.04 Å². The van der Waals surface area contributed by atoms with E-state index < -0.39 is 0 Å². The minimum absolute atomic E-state index is 0.494. The Kier molecular flexibility index (Phi) is 4.31. The van der Waals surface area contributed by atoms with Crippen LogP contribution in [0.25, 0.3) is 0 Å². The van der Waals surface area contributed by atoms with Crippen molar-refractivity contribution in [3.05, 3.63) is 46.4 Å². The van der Waals surface area contributed by atoms with E-state index >= 15 is 0 Å². The number of piperazine rings is 1. The highest BCUT2D eigenvalue weighted by Crippen LogP contribution is 2.21. The molecule has 1 saturated heterocycles. The molecule has 3 rings (SSSR count).